The first-order valence-corrected chi connectivity index (χ1v) is 7.80. The molecule has 1 fully saturated rings. The number of hydrogen-bond acceptors (Lipinski definition) is 2. The molecule has 0 aliphatic heterocycles. The Morgan fingerprint density at radius 2 is 2.13 bits per heavy atom. The van der Waals surface area contributed by atoms with Crippen molar-refractivity contribution in [3.8, 4) is 0 Å². The molecular formula is C15H13ClF3N3S. The molecule has 0 saturated heterocycles. The Balaban J connectivity index is 1.63. The minimum absolute atomic E-state index is 0.0909. The summed E-state index contributed by atoms with van der Waals surface area (Å²) in [5.41, 5.74) is 3.00. The van der Waals surface area contributed by atoms with E-state index in [0.29, 0.717) is 11.8 Å². The number of nitrogens with one attached hydrogen (secondary N) is 2. The molecule has 0 spiro atoms. The van der Waals surface area contributed by atoms with Crippen molar-refractivity contribution < 1.29 is 13.2 Å². The van der Waals surface area contributed by atoms with E-state index in [1.165, 1.54) is 6.07 Å². The molecule has 8 heteroatoms. The molecule has 0 bridgehead atoms. The van der Waals surface area contributed by atoms with Crippen LogP contribution in [0.25, 0.3) is 0 Å². The van der Waals surface area contributed by atoms with Crippen LogP contribution in [0.15, 0.2) is 35.5 Å². The second kappa shape index (κ2) is 6.13. The molecule has 1 aromatic carbocycles. The summed E-state index contributed by atoms with van der Waals surface area (Å²) in [6.07, 6.45) is 1.75. The highest BCUT2D eigenvalue weighted by molar-refractivity contribution is 7.80. The van der Waals surface area contributed by atoms with Gasteiger partial charge in [0.05, 0.1) is 16.3 Å². The van der Waals surface area contributed by atoms with Crippen LogP contribution in [-0.4, -0.2) is 10.8 Å². The maximum absolute atomic E-state index is 12.7. The first-order valence-electron chi connectivity index (χ1n) is 7.01. The molecule has 23 heavy (non-hydrogen) atoms. The lowest BCUT2D eigenvalue weighted by atomic mass is 9.74. The van der Waals surface area contributed by atoms with Crippen molar-refractivity contribution in [3.63, 3.8) is 0 Å². The number of fused-ring (bicyclic) bond motifs is 1. The van der Waals surface area contributed by atoms with Gasteiger partial charge in [-0.1, -0.05) is 23.8 Å². The third kappa shape index (κ3) is 3.50. The number of anilines is 1. The summed E-state index contributed by atoms with van der Waals surface area (Å²) in [6.45, 7) is 0. The molecule has 2 aliphatic carbocycles. The molecule has 1 saturated carbocycles. The summed E-state index contributed by atoms with van der Waals surface area (Å²) in [4.78, 5) is 0. The maximum atomic E-state index is 12.7. The molecule has 122 valence electrons. The van der Waals surface area contributed by atoms with E-state index in [4.69, 9.17) is 23.8 Å². The molecule has 0 radical (unpaired) electrons. The summed E-state index contributed by atoms with van der Waals surface area (Å²) in [5.74, 6) is 0.998. The van der Waals surface area contributed by atoms with Crippen molar-refractivity contribution in [2.75, 3.05) is 5.32 Å². The molecule has 2 atom stereocenters. The van der Waals surface area contributed by atoms with Crippen molar-refractivity contribution in [2.45, 2.75) is 19.0 Å². The summed E-state index contributed by atoms with van der Waals surface area (Å²) < 4.78 is 38.2. The van der Waals surface area contributed by atoms with Gasteiger partial charge >= 0.3 is 6.18 Å². The Bertz CT molecular complexity index is 700. The number of thiocarbonyl (C=S) groups is 1. The van der Waals surface area contributed by atoms with Gasteiger partial charge in [0, 0.05) is 11.6 Å². The Hall–Kier alpha value is -1.60. The predicted molar refractivity (Wildman–Crippen MR) is 88.6 cm³/mol. The number of nitrogens with zero attached hydrogens (tertiary/aromatic N) is 1. The molecule has 3 nitrogen and oxygen atoms in total. The van der Waals surface area contributed by atoms with Crippen LogP contribution < -0.4 is 10.7 Å². The minimum atomic E-state index is -4.44. The number of allylic oxidation sites excluding steroid dienone is 2. The lowest BCUT2D eigenvalue weighted by molar-refractivity contribution is -0.137. The maximum Gasteiger partial charge on any atom is 0.416 e. The van der Waals surface area contributed by atoms with Gasteiger partial charge in [-0.2, -0.15) is 18.3 Å². The van der Waals surface area contributed by atoms with Crippen molar-refractivity contribution >= 4 is 40.3 Å². The lowest BCUT2D eigenvalue weighted by Gasteiger charge is -2.31. The first kappa shape index (κ1) is 16.3. The SMILES string of the molecule is FC(F)(F)c1ccc(Cl)c(NC(=S)N/N=C2\C[C@@H]3C=CC[C@H]23)c1. The topological polar surface area (TPSA) is 36.4 Å². The second-order valence-electron chi connectivity index (χ2n) is 5.50. The third-order valence-corrected chi connectivity index (χ3v) is 4.53. The van der Waals surface area contributed by atoms with E-state index in [0.717, 1.165) is 30.7 Å². The second-order valence-corrected chi connectivity index (χ2v) is 6.32. The van der Waals surface area contributed by atoms with Crippen LogP contribution in [0.5, 0.6) is 0 Å². The number of hydrazone groups is 1. The van der Waals surface area contributed by atoms with Gasteiger partial charge in [-0.15, -0.1) is 0 Å². The predicted octanol–water partition coefficient (Wildman–Crippen LogP) is 4.60. The van der Waals surface area contributed by atoms with E-state index in [1.807, 2.05) is 0 Å². The largest absolute Gasteiger partial charge is 0.416 e. The molecular weight excluding hydrogens is 347 g/mol. The Morgan fingerprint density at radius 1 is 1.35 bits per heavy atom. The molecule has 0 aromatic heterocycles. The van der Waals surface area contributed by atoms with Crippen molar-refractivity contribution in [1.29, 1.82) is 0 Å². The Morgan fingerprint density at radius 3 is 2.83 bits per heavy atom. The molecule has 0 amide bonds. The van der Waals surface area contributed by atoms with Crippen LogP contribution in [0, 0.1) is 11.8 Å². The zero-order valence-corrected chi connectivity index (χ0v) is 13.4. The monoisotopic (exact) mass is 359 g/mol. The summed E-state index contributed by atoms with van der Waals surface area (Å²) >= 11 is 11.0. The van der Waals surface area contributed by atoms with Crippen LogP contribution in [0.1, 0.15) is 18.4 Å². The van der Waals surface area contributed by atoms with Crippen molar-refractivity contribution in [3.05, 3.63) is 40.9 Å². The van der Waals surface area contributed by atoms with E-state index in [-0.39, 0.29) is 15.8 Å². The van der Waals surface area contributed by atoms with Gasteiger partial charge < -0.3 is 5.32 Å². The van der Waals surface area contributed by atoms with E-state index >= 15 is 0 Å². The highest BCUT2D eigenvalue weighted by Gasteiger charge is 2.38. The van der Waals surface area contributed by atoms with Gasteiger partial charge in [0.2, 0.25) is 0 Å². The first-order chi connectivity index (χ1) is 10.8. The minimum Gasteiger partial charge on any atom is -0.330 e. The molecule has 1 aromatic rings. The van der Waals surface area contributed by atoms with Crippen LogP contribution in [0.3, 0.4) is 0 Å². The van der Waals surface area contributed by atoms with Crippen LogP contribution in [0.2, 0.25) is 5.02 Å². The quantitative estimate of drug-likeness (QED) is 0.460. The number of hydrogen-bond donors (Lipinski definition) is 2. The number of alkyl halides is 3. The zero-order valence-electron chi connectivity index (χ0n) is 11.8. The number of rotatable bonds is 2. The van der Waals surface area contributed by atoms with E-state index in [9.17, 15) is 13.2 Å². The standard InChI is InChI=1S/C15H13ClF3N3S/c16-11-5-4-9(15(17,18)19)7-13(11)20-14(23)22-21-12-6-8-2-1-3-10(8)12/h1-2,4-5,7-8,10H,3,6H2,(H2,20,22,23)/b21-12+/t8-,10-/m0/s1. The molecule has 0 heterocycles. The van der Waals surface area contributed by atoms with Crippen LogP contribution in [0.4, 0.5) is 18.9 Å². The molecule has 2 aliphatic rings. The smallest absolute Gasteiger partial charge is 0.330 e. The van der Waals surface area contributed by atoms with Gasteiger partial charge in [0.15, 0.2) is 5.11 Å². The average Bonchev–Trinajstić information content (AvgIpc) is 2.82. The highest BCUT2D eigenvalue weighted by atomic mass is 35.5. The number of halogens is 4. The van der Waals surface area contributed by atoms with E-state index < -0.39 is 11.7 Å². The molecule has 3 rings (SSSR count). The Labute approximate surface area is 141 Å². The van der Waals surface area contributed by atoms with Gasteiger partial charge in [0.1, 0.15) is 0 Å². The molecule has 2 N–H and O–H groups in total. The van der Waals surface area contributed by atoms with Gasteiger partial charge in [0.25, 0.3) is 0 Å². The molecule has 0 unspecified atom stereocenters. The van der Waals surface area contributed by atoms with Crippen LogP contribution in [-0.2, 0) is 6.18 Å². The normalized spacial score (nSPS) is 24.3. The van der Waals surface area contributed by atoms with E-state index in [1.54, 1.807) is 0 Å². The summed E-state index contributed by atoms with van der Waals surface area (Å²) in [5, 5.41) is 7.13. The average molecular weight is 360 g/mol. The van der Waals surface area contributed by atoms with Crippen molar-refractivity contribution in [2.24, 2.45) is 16.9 Å². The van der Waals surface area contributed by atoms with E-state index in [2.05, 4.69) is 28.0 Å². The van der Waals surface area contributed by atoms with Gasteiger partial charge in [-0.3, -0.25) is 5.43 Å². The Kier molecular flexibility index (Phi) is 4.33. The fraction of sp³-hybridized carbons (Fsp3) is 0.333. The zero-order chi connectivity index (χ0) is 16.6. The highest BCUT2D eigenvalue weighted by Crippen LogP contribution is 2.40. The van der Waals surface area contributed by atoms with Crippen LogP contribution >= 0.6 is 23.8 Å². The third-order valence-electron chi connectivity index (χ3n) is 4.01. The fourth-order valence-electron chi connectivity index (χ4n) is 2.73. The lowest BCUT2D eigenvalue weighted by Crippen LogP contribution is -2.36. The fourth-order valence-corrected chi connectivity index (χ4v) is 3.05. The van der Waals surface area contributed by atoms with Gasteiger partial charge in [-0.05, 0) is 49.2 Å². The summed E-state index contributed by atoms with van der Waals surface area (Å²) in [7, 11) is 0. The van der Waals surface area contributed by atoms with Crippen molar-refractivity contribution in [1.82, 2.24) is 5.43 Å². The van der Waals surface area contributed by atoms with Gasteiger partial charge in [-0.25, -0.2) is 0 Å². The number of benzene rings is 1. The summed E-state index contributed by atoms with van der Waals surface area (Å²) in [6, 6.07) is 3.03.